The van der Waals surface area contributed by atoms with E-state index in [0.29, 0.717) is 11.4 Å². The third-order valence-electron chi connectivity index (χ3n) is 4.87. The lowest BCUT2D eigenvalue weighted by Crippen LogP contribution is -2.40. The van der Waals surface area contributed by atoms with E-state index in [-0.39, 0.29) is 41.8 Å². The summed E-state index contributed by atoms with van der Waals surface area (Å²) in [5, 5.41) is 10.6. The third kappa shape index (κ3) is 4.60. The van der Waals surface area contributed by atoms with Gasteiger partial charge >= 0.3 is 5.69 Å². The average Bonchev–Trinajstić information content (AvgIpc) is 3.31. The molecule has 0 saturated heterocycles. The highest BCUT2D eigenvalue weighted by Gasteiger charge is 2.19. The van der Waals surface area contributed by atoms with E-state index < -0.39 is 17.1 Å². The summed E-state index contributed by atoms with van der Waals surface area (Å²) in [7, 11) is 2.78. The molecule has 34 heavy (non-hydrogen) atoms. The molecule has 0 radical (unpaired) electrons. The Kier molecular flexibility index (Phi) is 6.30. The van der Waals surface area contributed by atoms with Crippen LogP contribution in [-0.4, -0.2) is 37.5 Å². The van der Waals surface area contributed by atoms with Crippen LogP contribution in [0.1, 0.15) is 12.3 Å². The maximum absolute atomic E-state index is 13.3. The van der Waals surface area contributed by atoms with Crippen molar-refractivity contribution in [1.29, 1.82) is 0 Å². The van der Waals surface area contributed by atoms with Gasteiger partial charge in [-0.05, 0) is 36.4 Å². The molecular weight excluding hydrogens is 447 g/mol. The molecule has 2 heterocycles. The van der Waals surface area contributed by atoms with Gasteiger partial charge in [0.1, 0.15) is 11.6 Å². The minimum atomic E-state index is -0.732. The number of hydrogen-bond acceptors (Lipinski definition) is 8. The van der Waals surface area contributed by atoms with Crippen LogP contribution in [0.3, 0.4) is 0 Å². The van der Waals surface area contributed by atoms with Crippen molar-refractivity contribution in [3.8, 4) is 23.0 Å². The molecule has 0 atom stereocenters. The Morgan fingerprint density at radius 2 is 1.88 bits per heavy atom. The lowest BCUT2D eigenvalue weighted by molar-refractivity contribution is -0.116. The summed E-state index contributed by atoms with van der Waals surface area (Å²) < 4.78 is 25.4. The summed E-state index contributed by atoms with van der Waals surface area (Å²) in [5.74, 6) is -0.304. The number of methoxy groups -OCH3 is 1. The van der Waals surface area contributed by atoms with Crippen LogP contribution in [0.4, 0.5) is 10.1 Å². The Balaban J connectivity index is 1.54. The van der Waals surface area contributed by atoms with Crippen molar-refractivity contribution in [2.45, 2.75) is 12.8 Å². The van der Waals surface area contributed by atoms with Gasteiger partial charge in [0.25, 0.3) is 5.56 Å². The summed E-state index contributed by atoms with van der Waals surface area (Å²) in [6, 6.07) is 12.0. The van der Waals surface area contributed by atoms with Crippen LogP contribution < -0.4 is 21.3 Å². The Morgan fingerprint density at radius 1 is 1.15 bits per heavy atom. The van der Waals surface area contributed by atoms with Crippen molar-refractivity contribution in [3.63, 3.8) is 0 Å². The number of nitrogens with zero attached hydrogens (tertiary/aromatic N) is 5. The fourth-order valence-electron chi connectivity index (χ4n) is 3.10. The molecule has 4 rings (SSSR count). The number of hydrogen-bond donors (Lipinski definition) is 1. The largest absolute Gasteiger partial charge is 0.495 e. The van der Waals surface area contributed by atoms with E-state index >= 15 is 0 Å². The molecule has 0 unspecified atom stereocenters. The number of carbonyl (C=O) groups is 1. The van der Waals surface area contributed by atoms with Crippen LogP contribution in [-0.2, 0) is 18.3 Å². The number of aryl methyl sites for hydroxylation is 1. The average molecular weight is 466 g/mol. The van der Waals surface area contributed by atoms with Gasteiger partial charge in [-0.2, -0.15) is 14.8 Å². The van der Waals surface area contributed by atoms with Gasteiger partial charge in [-0.1, -0.05) is 17.3 Å². The van der Waals surface area contributed by atoms with E-state index in [9.17, 15) is 18.8 Å². The molecule has 0 spiro atoms. The van der Waals surface area contributed by atoms with Crippen molar-refractivity contribution in [3.05, 3.63) is 81.1 Å². The number of rotatable bonds is 7. The van der Waals surface area contributed by atoms with Crippen LogP contribution >= 0.6 is 0 Å². The number of benzene rings is 2. The van der Waals surface area contributed by atoms with Gasteiger partial charge in [0.2, 0.25) is 17.6 Å². The monoisotopic (exact) mass is 466 g/mol. The van der Waals surface area contributed by atoms with Gasteiger partial charge < -0.3 is 14.6 Å². The topological polar surface area (TPSA) is 134 Å². The van der Waals surface area contributed by atoms with Crippen LogP contribution in [0.2, 0.25) is 0 Å². The van der Waals surface area contributed by atoms with E-state index in [0.717, 1.165) is 21.4 Å². The van der Waals surface area contributed by atoms with Gasteiger partial charge in [0.05, 0.1) is 18.5 Å². The highest BCUT2D eigenvalue weighted by Crippen LogP contribution is 2.23. The molecule has 0 fully saturated rings. The van der Waals surface area contributed by atoms with Gasteiger partial charge in [0.15, 0.2) is 5.69 Å². The molecule has 174 valence electrons. The molecule has 0 aliphatic heterocycles. The molecule has 0 saturated carbocycles. The zero-order valence-corrected chi connectivity index (χ0v) is 18.2. The molecule has 2 aromatic carbocycles. The zero-order chi connectivity index (χ0) is 24.2. The molecule has 4 aromatic rings. The first-order chi connectivity index (χ1) is 16.4. The van der Waals surface area contributed by atoms with Gasteiger partial charge in [-0.15, -0.1) is 0 Å². The summed E-state index contributed by atoms with van der Waals surface area (Å²) in [4.78, 5) is 41.5. The predicted octanol–water partition coefficient (Wildman–Crippen LogP) is 1.70. The number of ether oxygens (including phenoxy) is 1. The first-order valence-electron chi connectivity index (χ1n) is 10.1. The second-order valence-electron chi connectivity index (χ2n) is 7.14. The molecule has 1 N–H and O–H groups in total. The Labute approximate surface area is 191 Å². The van der Waals surface area contributed by atoms with Crippen LogP contribution in [0, 0.1) is 5.82 Å². The second kappa shape index (κ2) is 9.48. The first-order valence-corrected chi connectivity index (χ1v) is 10.1. The van der Waals surface area contributed by atoms with E-state index in [1.165, 1.54) is 26.3 Å². The fourth-order valence-corrected chi connectivity index (χ4v) is 3.10. The lowest BCUT2D eigenvalue weighted by atomic mass is 10.2. The number of para-hydroxylation sites is 2. The minimum Gasteiger partial charge on any atom is -0.495 e. The van der Waals surface area contributed by atoms with Crippen LogP contribution in [0.15, 0.2) is 62.6 Å². The number of aromatic nitrogens is 5. The summed E-state index contributed by atoms with van der Waals surface area (Å²) in [6.07, 6.45) is 0.131. The van der Waals surface area contributed by atoms with Crippen molar-refractivity contribution < 1.29 is 18.4 Å². The summed E-state index contributed by atoms with van der Waals surface area (Å²) in [5.41, 5.74) is -0.918. The van der Waals surface area contributed by atoms with Crippen molar-refractivity contribution in [2.75, 3.05) is 12.4 Å². The normalized spacial score (nSPS) is 10.8. The van der Waals surface area contributed by atoms with Gasteiger partial charge in [-0.3, -0.25) is 14.2 Å². The molecule has 12 heteroatoms. The van der Waals surface area contributed by atoms with Gasteiger partial charge in [-0.25, -0.2) is 9.18 Å². The molecule has 2 aromatic heterocycles. The highest BCUT2D eigenvalue weighted by molar-refractivity contribution is 5.92. The van der Waals surface area contributed by atoms with Gasteiger partial charge in [0, 0.05) is 19.9 Å². The molecule has 11 nitrogen and oxygen atoms in total. The molecular formula is C22H19FN6O5. The molecule has 0 aliphatic carbocycles. The van der Waals surface area contributed by atoms with Crippen molar-refractivity contribution >= 4 is 11.6 Å². The first kappa shape index (κ1) is 22.6. The lowest BCUT2D eigenvalue weighted by Gasteiger charge is -2.09. The Bertz CT molecular complexity index is 1460. The maximum Gasteiger partial charge on any atom is 0.351 e. The smallest absolute Gasteiger partial charge is 0.351 e. The third-order valence-corrected chi connectivity index (χ3v) is 4.87. The van der Waals surface area contributed by atoms with E-state index in [1.54, 1.807) is 24.3 Å². The van der Waals surface area contributed by atoms with Crippen LogP contribution in [0.5, 0.6) is 5.75 Å². The Morgan fingerprint density at radius 3 is 2.62 bits per heavy atom. The standard InChI is InChI=1S/C22H19FN6O5/c1-28-21(31)19(26-29(22(28)32)14-9-7-13(23)8-10-14)20-25-18(34-27-20)12-11-17(30)24-15-5-3-4-6-16(15)33-2/h3-10H,11-12H2,1-2H3,(H,24,30). The molecule has 0 aliphatic rings. The maximum atomic E-state index is 13.3. The quantitative estimate of drug-likeness (QED) is 0.435. The number of anilines is 1. The number of carbonyl (C=O) groups excluding carboxylic acids is 1. The number of nitrogens with one attached hydrogen (secondary N) is 1. The molecule has 1 amide bonds. The van der Waals surface area contributed by atoms with E-state index in [2.05, 4.69) is 20.6 Å². The van der Waals surface area contributed by atoms with Crippen LogP contribution in [0.25, 0.3) is 17.2 Å². The van der Waals surface area contributed by atoms with E-state index in [1.807, 2.05) is 0 Å². The fraction of sp³-hybridized carbons (Fsp3) is 0.182. The zero-order valence-electron chi connectivity index (χ0n) is 18.2. The summed E-state index contributed by atoms with van der Waals surface area (Å²) >= 11 is 0. The Hall–Kier alpha value is -4.61. The number of amides is 1. The predicted molar refractivity (Wildman–Crippen MR) is 118 cm³/mol. The van der Waals surface area contributed by atoms with E-state index in [4.69, 9.17) is 9.26 Å². The van der Waals surface area contributed by atoms with Crippen molar-refractivity contribution in [1.82, 2.24) is 24.5 Å². The SMILES string of the molecule is COc1ccccc1NC(=O)CCc1nc(-c2nn(-c3ccc(F)cc3)c(=O)n(C)c2=O)no1. The van der Waals surface area contributed by atoms with Crippen molar-refractivity contribution in [2.24, 2.45) is 7.05 Å². The summed E-state index contributed by atoms with van der Waals surface area (Å²) in [6.45, 7) is 0. The minimum absolute atomic E-state index is 0.0280. The number of halogens is 1. The second-order valence-corrected chi connectivity index (χ2v) is 7.14. The molecule has 0 bridgehead atoms. The highest BCUT2D eigenvalue weighted by atomic mass is 19.1.